The van der Waals surface area contributed by atoms with Crippen LogP contribution in [-0.4, -0.2) is 57.6 Å². The van der Waals surface area contributed by atoms with E-state index in [1.807, 2.05) is 31.2 Å². The average molecular weight is 389 g/mol. The lowest BCUT2D eigenvalue weighted by Gasteiger charge is -2.30. The van der Waals surface area contributed by atoms with Gasteiger partial charge in [-0.2, -0.15) is 0 Å². The topological polar surface area (TPSA) is 103 Å². The monoisotopic (exact) mass is 389 g/mol. The Balaban J connectivity index is 1.55. The van der Waals surface area contributed by atoms with Gasteiger partial charge in [0, 0.05) is 18.7 Å². The fraction of sp³-hybridized carbons (Fsp3) is 0.444. The molecule has 1 fully saturated rings. The second kappa shape index (κ2) is 8.43. The number of ether oxygens (including phenoxy) is 1. The van der Waals surface area contributed by atoms with Gasteiger partial charge in [-0.15, -0.1) is 10.2 Å². The number of rotatable bonds is 5. The Bertz CT molecular complexity index is 813. The highest BCUT2D eigenvalue weighted by molar-refractivity contribution is 7.99. The van der Waals surface area contributed by atoms with Crippen LogP contribution in [0.5, 0.6) is 0 Å². The predicted octanol–water partition coefficient (Wildman–Crippen LogP) is 1.47. The van der Waals surface area contributed by atoms with Crippen LogP contribution < -0.4 is 5.84 Å². The molecule has 0 radical (unpaired) electrons. The number of thioether (sulfide) groups is 1. The summed E-state index contributed by atoms with van der Waals surface area (Å²) in [5.41, 5.74) is 2.02. The van der Waals surface area contributed by atoms with E-state index in [4.69, 9.17) is 10.6 Å². The summed E-state index contributed by atoms with van der Waals surface area (Å²) in [7, 11) is 1.39. The second-order valence-corrected chi connectivity index (χ2v) is 7.45. The highest BCUT2D eigenvalue weighted by Gasteiger charge is 2.28. The number of carbonyl (C=O) groups excluding carboxylic acids is 2. The Morgan fingerprint density at radius 3 is 2.52 bits per heavy atom. The number of nitrogens with zero attached hydrogens (tertiary/aromatic N) is 4. The minimum atomic E-state index is -0.198. The normalized spacial score (nSPS) is 15.0. The molecule has 3 rings (SSSR count). The van der Waals surface area contributed by atoms with Crippen molar-refractivity contribution < 1.29 is 14.3 Å². The molecule has 0 unspecified atom stereocenters. The first-order valence-corrected chi connectivity index (χ1v) is 9.74. The smallest absolute Gasteiger partial charge is 0.308 e. The Labute approximate surface area is 162 Å². The molecular weight excluding hydrogens is 366 g/mol. The van der Waals surface area contributed by atoms with E-state index in [9.17, 15) is 9.59 Å². The number of hydrogen-bond acceptors (Lipinski definition) is 7. The minimum Gasteiger partial charge on any atom is -0.469 e. The zero-order chi connectivity index (χ0) is 19.4. The predicted molar refractivity (Wildman–Crippen MR) is 102 cm³/mol. The van der Waals surface area contributed by atoms with E-state index in [0.717, 1.165) is 11.1 Å². The summed E-state index contributed by atoms with van der Waals surface area (Å²) >= 11 is 1.26. The summed E-state index contributed by atoms with van der Waals surface area (Å²) in [6.07, 6.45) is 1.27. The Hall–Kier alpha value is -2.55. The highest BCUT2D eigenvalue weighted by atomic mass is 32.2. The molecule has 2 N–H and O–H groups in total. The van der Waals surface area contributed by atoms with Crippen molar-refractivity contribution in [2.45, 2.75) is 24.9 Å². The van der Waals surface area contributed by atoms with Crippen molar-refractivity contribution in [3.8, 4) is 11.4 Å². The number of benzene rings is 1. The minimum absolute atomic E-state index is 0.00296. The fourth-order valence-electron chi connectivity index (χ4n) is 3.02. The average Bonchev–Trinajstić information content (AvgIpc) is 3.06. The van der Waals surface area contributed by atoms with Crippen LogP contribution in [0, 0.1) is 12.8 Å². The molecule has 1 aliphatic rings. The van der Waals surface area contributed by atoms with E-state index in [1.165, 1.54) is 23.5 Å². The number of aromatic nitrogens is 3. The van der Waals surface area contributed by atoms with Gasteiger partial charge in [0.25, 0.3) is 0 Å². The van der Waals surface area contributed by atoms with Crippen molar-refractivity contribution in [3.63, 3.8) is 0 Å². The summed E-state index contributed by atoms with van der Waals surface area (Å²) in [5, 5.41) is 8.72. The quantitative estimate of drug-likeness (QED) is 0.469. The number of methoxy groups -OCH3 is 1. The van der Waals surface area contributed by atoms with Gasteiger partial charge < -0.3 is 15.5 Å². The third-order valence-electron chi connectivity index (χ3n) is 4.68. The van der Waals surface area contributed by atoms with Gasteiger partial charge in [0.15, 0.2) is 5.82 Å². The molecule has 0 aliphatic carbocycles. The first-order chi connectivity index (χ1) is 13.0. The van der Waals surface area contributed by atoms with Gasteiger partial charge in [-0.05, 0) is 19.8 Å². The summed E-state index contributed by atoms with van der Waals surface area (Å²) in [4.78, 5) is 25.8. The van der Waals surface area contributed by atoms with E-state index in [0.29, 0.717) is 36.9 Å². The fourth-order valence-corrected chi connectivity index (χ4v) is 3.78. The Kier molecular flexibility index (Phi) is 6.00. The van der Waals surface area contributed by atoms with Crippen molar-refractivity contribution in [3.05, 3.63) is 29.8 Å². The molecule has 0 atom stereocenters. The van der Waals surface area contributed by atoms with Crippen molar-refractivity contribution in [2.24, 2.45) is 5.92 Å². The first kappa shape index (κ1) is 19.2. The lowest BCUT2D eigenvalue weighted by molar-refractivity contribution is -0.148. The number of nitrogens with two attached hydrogens (primary N) is 1. The van der Waals surface area contributed by atoms with Crippen LogP contribution in [0.1, 0.15) is 18.4 Å². The number of carbonyl (C=O) groups is 2. The van der Waals surface area contributed by atoms with Crippen molar-refractivity contribution in [1.82, 2.24) is 19.8 Å². The summed E-state index contributed by atoms with van der Waals surface area (Å²) in [6.45, 7) is 3.13. The van der Waals surface area contributed by atoms with Crippen LogP contribution in [-0.2, 0) is 14.3 Å². The molecule has 1 aromatic heterocycles. The molecule has 1 aliphatic heterocycles. The summed E-state index contributed by atoms with van der Waals surface area (Å²) in [5.74, 6) is 6.58. The molecule has 9 heteroatoms. The largest absolute Gasteiger partial charge is 0.469 e. The van der Waals surface area contributed by atoms with Crippen LogP contribution in [0.2, 0.25) is 0 Å². The van der Waals surface area contributed by atoms with Gasteiger partial charge in [0.1, 0.15) is 0 Å². The molecule has 0 spiro atoms. The van der Waals surface area contributed by atoms with Gasteiger partial charge in [0.05, 0.1) is 18.8 Å². The van der Waals surface area contributed by atoms with Gasteiger partial charge in [-0.25, -0.2) is 4.68 Å². The summed E-state index contributed by atoms with van der Waals surface area (Å²) < 4.78 is 6.18. The van der Waals surface area contributed by atoms with Crippen LogP contribution >= 0.6 is 11.8 Å². The van der Waals surface area contributed by atoms with E-state index in [1.54, 1.807) is 4.90 Å². The molecule has 144 valence electrons. The van der Waals surface area contributed by atoms with Crippen molar-refractivity contribution in [2.75, 3.05) is 31.8 Å². The van der Waals surface area contributed by atoms with Gasteiger partial charge in [-0.1, -0.05) is 41.6 Å². The van der Waals surface area contributed by atoms with Crippen molar-refractivity contribution in [1.29, 1.82) is 0 Å². The maximum Gasteiger partial charge on any atom is 0.308 e. The first-order valence-electron chi connectivity index (χ1n) is 8.75. The van der Waals surface area contributed by atoms with Crippen LogP contribution in [0.25, 0.3) is 11.4 Å². The number of piperidine rings is 1. The van der Waals surface area contributed by atoms with E-state index < -0.39 is 0 Å². The van der Waals surface area contributed by atoms with E-state index in [2.05, 4.69) is 10.2 Å². The number of nitrogen functional groups attached to an aromatic ring is 1. The van der Waals surface area contributed by atoms with Gasteiger partial charge in [-0.3, -0.25) is 9.59 Å². The Morgan fingerprint density at radius 1 is 1.22 bits per heavy atom. The molecule has 2 aromatic rings. The second-order valence-electron chi connectivity index (χ2n) is 6.51. The maximum absolute atomic E-state index is 12.4. The van der Waals surface area contributed by atoms with Gasteiger partial charge >= 0.3 is 5.97 Å². The number of aryl methyl sites for hydroxylation is 1. The molecule has 1 amide bonds. The van der Waals surface area contributed by atoms with Crippen LogP contribution in [0.3, 0.4) is 0 Å². The standard InChI is InChI=1S/C18H23N5O3S/c1-12-3-5-13(6-4-12)16-20-21-18(23(16)19)27-11-15(24)22-9-7-14(8-10-22)17(25)26-2/h3-6,14H,7-11,19H2,1-2H3. The number of amides is 1. The number of esters is 1. The molecule has 2 heterocycles. The summed E-state index contributed by atoms with van der Waals surface area (Å²) in [6, 6.07) is 7.85. The maximum atomic E-state index is 12.4. The number of hydrogen-bond donors (Lipinski definition) is 1. The van der Waals surface area contributed by atoms with Gasteiger partial charge in [0.2, 0.25) is 11.1 Å². The van der Waals surface area contributed by atoms with E-state index in [-0.39, 0.29) is 23.5 Å². The lowest BCUT2D eigenvalue weighted by atomic mass is 9.97. The molecule has 1 aromatic carbocycles. The molecule has 27 heavy (non-hydrogen) atoms. The number of likely N-dealkylation sites (tertiary alicyclic amines) is 1. The van der Waals surface area contributed by atoms with Crippen molar-refractivity contribution >= 4 is 23.6 Å². The van der Waals surface area contributed by atoms with E-state index >= 15 is 0 Å². The molecule has 1 saturated heterocycles. The highest BCUT2D eigenvalue weighted by Crippen LogP contribution is 2.23. The molecule has 8 nitrogen and oxygen atoms in total. The molecule has 0 bridgehead atoms. The third-order valence-corrected chi connectivity index (χ3v) is 5.61. The zero-order valence-corrected chi connectivity index (χ0v) is 16.2. The van der Waals surface area contributed by atoms with Crippen LogP contribution in [0.15, 0.2) is 29.4 Å². The molecule has 0 saturated carbocycles. The Morgan fingerprint density at radius 2 is 1.89 bits per heavy atom. The zero-order valence-electron chi connectivity index (χ0n) is 15.4. The van der Waals surface area contributed by atoms with Crippen LogP contribution in [0.4, 0.5) is 0 Å². The molecular formula is C18H23N5O3S. The lowest BCUT2D eigenvalue weighted by Crippen LogP contribution is -2.41. The SMILES string of the molecule is COC(=O)C1CCN(C(=O)CSc2nnc(-c3ccc(C)cc3)n2N)CC1. The third kappa shape index (κ3) is 4.41.